The van der Waals surface area contributed by atoms with Gasteiger partial charge >= 0.3 is 5.97 Å². The van der Waals surface area contributed by atoms with Crippen molar-refractivity contribution in [3.63, 3.8) is 0 Å². The molecule has 0 amide bonds. The van der Waals surface area contributed by atoms with E-state index in [1.807, 2.05) is 36.4 Å². The Morgan fingerprint density at radius 1 is 1.04 bits per heavy atom. The maximum absolute atomic E-state index is 12.2. The summed E-state index contributed by atoms with van der Waals surface area (Å²) in [4.78, 5) is 12.2. The largest absolute Gasteiger partial charge is 0.493 e. The number of benzene rings is 2. The van der Waals surface area contributed by atoms with E-state index in [0.29, 0.717) is 22.8 Å². The van der Waals surface area contributed by atoms with Crippen LogP contribution in [0.4, 0.5) is 0 Å². The molecule has 0 aliphatic carbocycles. The predicted octanol–water partition coefficient (Wildman–Crippen LogP) is 4.45. The van der Waals surface area contributed by atoms with E-state index >= 15 is 0 Å². The molecule has 2 aromatic rings. The Kier molecular flexibility index (Phi) is 4.71. The number of carbonyl (C=O) groups is 1. The summed E-state index contributed by atoms with van der Waals surface area (Å²) in [5.41, 5.74) is 2.05. The van der Waals surface area contributed by atoms with Gasteiger partial charge in [0.2, 0.25) is 0 Å². The normalized spacial score (nSPS) is 15.2. The molecule has 0 fully saturated rings. The van der Waals surface area contributed by atoms with Gasteiger partial charge in [0.1, 0.15) is 5.76 Å². The minimum Gasteiger partial charge on any atom is -0.493 e. The molecule has 0 saturated carbocycles. The quantitative estimate of drug-likeness (QED) is 0.575. The smallest absolute Gasteiger partial charge is 0.343 e. The lowest BCUT2D eigenvalue weighted by atomic mass is 10.1. The second kappa shape index (κ2) is 6.93. The van der Waals surface area contributed by atoms with Crippen molar-refractivity contribution in [2.45, 2.75) is 0 Å². The van der Waals surface area contributed by atoms with Crippen LogP contribution in [0.15, 0.2) is 58.6 Å². The summed E-state index contributed by atoms with van der Waals surface area (Å²) in [6.45, 7) is 0. The lowest BCUT2D eigenvalue weighted by Gasteiger charge is -2.10. The van der Waals surface area contributed by atoms with Gasteiger partial charge in [-0.05, 0) is 30.4 Å². The molecule has 1 heterocycles. The molecule has 1 aliphatic heterocycles. The molecule has 0 saturated heterocycles. The Bertz CT molecular complexity index is 835. The number of ether oxygens (including phenoxy) is 3. The second-order valence-corrected chi connectivity index (χ2v) is 6.00. The van der Waals surface area contributed by atoms with Crippen molar-refractivity contribution in [2.75, 3.05) is 14.2 Å². The molecule has 5 heteroatoms. The number of halogens is 1. The fourth-order valence-corrected chi connectivity index (χ4v) is 2.70. The van der Waals surface area contributed by atoms with Crippen LogP contribution in [0, 0.1) is 0 Å². The number of hydrogen-bond donors (Lipinski definition) is 0. The van der Waals surface area contributed by atoms with Gasteiger partial charge in [0.05, 0.1) is 19.8 Å². The number of methoxy groups -OCH3 is 2. The first kappa shape index (κ1) is 16.3. The van der Waals surface area contributed by atoms with Crippen LogP contribution in [-0.2, 0) is 9.53 Å². The van der Waals surface area contributed by atoms with E-state index in [0.717, 1.165) is 15.6 Å². The van der Waals surface area contributed by atoms with Crippen molar-refractivity contribution in [3.05, 3.63) is 69.7 Å². The Balaban J connectivity index is 1.99. The summed E-state index contributed by atoms with van der Waals surface area (Å²) < 4.78 is 17.0. The zero-order valence-corrected chi connectivity index (χ0v) is 14.8. The molecule has 4 nitrogen and oxygen atoms in total. The first-order valence-corrected chi connectivity index (χ1v) is 8.04. The van der Waals surface area contributed by atoms with Crippen LogP contribution in [0.25, 0.3) is 11.8 Å². The van der Waals surface area contributed by atoms with Crippen molar-refractivity contribution in [1.29, 1.82) is 0 Å². The lowest BCUT2D eigenvalue weighted by molar-refractivity contribution is -0.130. The summed E-state index contributed by atoms with van der Waals surface area (Å²) in [7, 11) is 3.14. The number of hydrogen-bond acceptors (Lipinski definition) is 4. The van der Waals surface area contributed by atoms with Gasteiger partial charge in [-0.25, -0.2) is 4.79 Å². The summed E-state index contributed by atoms with van der Waals surface area (Å²) in [6, 6.07) is 13.1. The van der Waals surface area contributed by atoms with Crippen LogP contribution in [0.3, 0.4) is 0 Å². The van der Waals surface area contributed by atoms with E-state index in [-0.39, 0.29) is 0 Å². The highest BCUT2D eigenvalue weighted by Gasteiger charge is 2.22. The second-order valence-electron chi connectivity index (χ2n) is 5.09. The summed E-state index contributed by atoms with van der Waals surface area (Å²) in [5, 5.41) is 0. The predicted molar refractivity (Wildman–Crippen MR) is 95.7 cm³/mol. The van der Waals surface area contributed by atoms with E-state index in [9.17, 15) is 4.79 Å². The number of esters is 1. The van der Waals surface area contributed by atoms with E-state index < -0.39 is 5.97 Å². The molecule has 0 atom stereocenters. The maximum atomic E-state index is 12.2. The Hall–Kier alpha value is -2.53. The third-order valence-electron chi connectivity index (χ3n) is 3.60. The zero-order chi connectivity index (χ0) is 17.1. The van der Waals surface area contributed by atoms with Crippen LogP contribution in [0.5, 0.6) is 11.5 Å². The summed E-state index contributed by atoms with van der Waals surface area (Å²) in [6.07, 6.45) is 3.46. The molecule has 0 spiro atoms. The van der Waals surface area contributed by atoms with Crippen molar-refractivity contribution in [2.24, 2.45) is 0 Å². The Labute approximate surface area is 148 Å². The van der Waals surface area contributed by atoms with Gasteiger partial charge in [0, 0.05) is 15.6 Å². The highest BCUT2D eigenvalue weighted by molar-refractivity contribution is 9.10. The highest BCUT2D eigenvalue weighted by atomic mass is 79.9. The molecule has 1 aliphatic rings. The van der Waals surface area contributed by atoms with Crippen LogP contribution in [0.1, 0.15) is 11.1 Å². The van der Waals surface area contributed by atoms with Crippen molar-refractivity contribution >= 4 is 33.7 Å². The van der Waals surface area contributed by atoms with E-state index in [1.54, 1.807) is 32.4 Å². The first-order valence-electron chi connectivity index (χ1n) is 7.25. The van der Waals surface area contributed by atoms with Gasteiger partial charge < -0.3 is 14.2 Å². The minimum absolute atomic E-state index is 0.391. The topological polar surface area (TPSA) is 44.8 Å². The molecule has 3 rings (SSSR count). The van der Waals surface area contributed by atoms with E-state index in [4.69, 9.17) is 14.2 Å². The number of carbonyl (C=O) groups excluding carboxylic acids is 1. The molecular formula is C19H15BrO4. The van der Waals surface area contributed by atoms with Crippen LogP contribution in [-0.4, -0.2) is 20.2 Å². The molecule has 0 aromatic heterocycles. The summed E-state index contributed by atoms with van der Waals surface area (Å²) >= 11 is 3.39. The molecule has 0 N–H and O–H groups in total. The van der Waals surface area contributed by atoms with E-state index in [1.165, 1.54) is 0 Å². The average Bonchev–Trinajstić information content (AvgIpc) is 2.96. The molecule has 0 radical (unpaired) electrons. The summed E-state index contributed by atoms with van der Waals surface area (Å²) in [5.74, 6) is 1.32. The molecule has 2 aromatic carbocycles. The average molecular weight is 387 g/mol. The van der Waals surface area contributed by atoms with Crippen LogP contribution in [0.2, 0.25) is 0 Å². The first-order chi connectivity index (χ1) is 11.6. The van der Waals surface area contributed by atoms with Crippen molar-refractivity contribution in [3.8, 4) is 11.5 Å². The van der Waals surface area contributed by atoms with E-state index in [2.05, 4.69) is 15.9 Å². The third-order valence-corrected chi connectivity index (χ3v) is 4.13. The van der Waals surface area contributed by atoms with Gasteiger partial charge in [-0.2, -0.15) is 0 Å². The minimum atomic E-state index is -0.391. The highest BCUT2D eigenvalue weighted by Crippen LogP contribution is 2.34. The molecule has 122 valence electrons. The molecule has 0 bridgehead atoms. The van der Waals surface area contributed by atoms with Crippen molar-refractivity contribution in [1.82, 2.24) is 0 Å². The number of rotatable bonds is 4. The van der Waals surface area contributed by atoms with Crippen LogP contribution >= 0.6 is 15.9 Å². The van der Waals surface area contributed by atoms with Gasteiger partial charge in [-0.3, -0.25) is 0 Å². The number of para-hydroxylation sites is 1. The van der Waals surface area contributed by atoms with Gasteiger partial charge in [-0.1, -0.05) is 40.2 Å². The maximum Gasteiger partial charge on any atom is 0.343 e. The fraction of sp³-hybridized carbons (Fsp3) is 0.105. The monoisotopic (exact) mass is 386 g/mol. The lowest BCUT2D eigenvalue weighted by Crippen LogP contribution is -1.98. The van der Waals surface area contributed by atoms with Crippen molar-refractivity contribution < 1.29 is 19.0 Å². The molecule has 24 heavy (non-hydrogen) atoms. The van der Waals surface area contributed by atoms with Crippen LogP contribution < -0.4 is 9.47 Å². The fourth-order valence-electron chi connectivity index (χ4n) is 2.44. The standard InChI is InChI=1S/C19H15BrO4/c1-22-16-5-3-4-13(18(16)23-2)10-14-11-17(24-19(14)21)12-6-8-15(20)9-7-12/h3-11H,1-2H3/b14-10-. The number of cyclic esters (lactones) is 1. The molecule has 0 unspecified atom stereocenters. The zero-order valence-electron chi connectivity index (χ0n) is 13.2. The third kappa shape index (κ3) is 3.21. The van der Waals surface area contributed by atoms with Gasteiger partial charge in [0.15, 0.2) is 11.5 Å². The van der Waals surface area contributed by atoms with Gasteiger partial charge in [-0.15, -0.1) is 0 Å². The SMILES string of the molecule is COc1cccc(/C=C2/C=C(c3ccc(Br)cc3)OC2=O)c1OC. The Morgan fingerprint density at radius 3 is 2.46 bits per heavy atom. The molecular weight excluding hydrogens is 372 g/mol. The Morgan fingerprint density at radius 2 is 1.79 bits per heavy atom. The van der Waals surface area contributed by atoms with Gasteiger partial charge in [0.25, 0.3) is 0 Å².